The maximum absolute atomic E-state index is 12.7. The van der Waals surface area contributed by atoms with Gasteiger partial charge in [0.15, 0.2) is 5.78 Å². The zero-order chi connectivity index (χ0) is 16.3. The smallest absolute Gasteiger partial charge is 0.171 e. The Morgan fingerprint density at radius 2 is 1.81 bits per heavy atom. The van der Waals surface area contributed by atoms with Gasteiger partial charge in [-0.2, -0.15) is 0 Å². The number of rotatable bonds is 8. The van der Waals surface area contributed by atoms with Crippen LogP contribution in [-0.4, -0.2) is 54.7 Å². The summed E-state index contributed by atoms with van der Waals surface area (Å²) >= 11 is 0. The summed E-state index contributed by atoms with van der Waals surface area (Å²) in [7, 11) is 1.72. The molecule has 1 rings (SSSR count). The van der Waals surface area contributed by atoms with Crippen molar-refractivity contribution >= 4 is 5.78 Å². The number of ether oxygens (including phenoxy) is 2. The Bertz CT molecular complexity index is 348. The van der Waals surface area contributed by atoms with Gasteiger partial charge in [0, 0.05) is 26.2 Å². The molecule has 1 aliphatic rings. The Balaban J connectivity index is 2.88. The Morgan fingerprint density at radius 1 is 1.24 bits per heavy atom. The number of carbonyl (C=O) groups is 1. The molecule has 4 heteroatoms. The van der Waals surface area contributed by atoms with E-state index in [4.69, 9.17) is 9.47 Å². The highest BCUT2D eigenvalue weighted by atomic mass is 16.5. The van der Waals surface area contributed by atoms with Gasteiger partial charge in [0.1, 0.15) is 5.60 Å². The Hall–Kier alpha value is -0.450. The van der Waals surface area contributed by atoms with Gasteiger partial charge in [-0.05, 0) is 40.5 Å². The molecule has 0 radical (unpaired) electrons. The van der Waals surface area contributed by atoms with E-state index in [-0.39, 0.29) is 11.7 Å². The summed E-state index contributed by atoms with van der Waals surface area (Å²) in [5.41, 5.74) is -1.08. The number of methoxy groups -OCH3 is 1. The van der Waals surface area contributed by atoms with Crippen molar-refractivity contribution in [3.63, 3.8) is 0 Å². The standard InChI is InChI=1S/C17H33NO3/c1-8-13(9-2)18(10-11-20-7)12-14-15(19)17(5,6)21-16(14,3)4/h13-14H,8-12H2,1-7H3. The van der Waals surface area contributed by atoms with Crippen LogP contribution < -0.4 is 0 Å². The van der Waals surface area contributed by atoms with Gasteiger partial charge in [0.2, 0.25) is 0 Å². The lowest BCUT2D eigenvalue weighted by Crippen LogP contribution is -2.46. The van der Waals surface area contributed by atoms with Gasteiger partial charge in [-0.3, -0.25) is 9.69 Å². The highest BCUT2D eigenvalue weighted by Crippen LogP contribution is 2.39. The van der Waals surface area contributed by atoms with E-state index in [1.807, 2.05) is 27.7 Å². The lowest BCUT2D eigenvalue weighted by molar-refractivity contribution is -0.132. The third-order valence-electron chi connectivity index (χ3n) is 4.73. The number of nitrogens with zero attached hydrogens (tertiary/aromatic N) is 1. The largest absolute Gasteiger partial charge is 0.383 e. The van der Waals surface area contributed by atoms with Crippen molar-refractivity contribution in [2.24, 2.45) is 5.92 Å². The van der Waals surface area contributed by atoms with Crippen molar-refractivity contribution in [3.8, 4) is 0 Å². The maximum atomic E-state index is 12.7. The molecule has 0 aromatic heterocycles. The van der Waals surface area contributed by atoms with E-state index in [0.717, 1.165) is 25.9 Å². The molecule has 1 fully saturated rings. The normalized spacial score (nSPS) is 24.2. The van der Waals surface area contributed by atoms with Crippen LogP contribution in [0.3, 0.4) is 0 Å². The van der Waals surface area contributed by atoms with E-state index in [2.05, 4.69) is 18.7 Å². The monoisotopic (exact) mass is 299 g/mol. The van der Waals surface area contributed by atoms with Gasteiger partial charge < -0.3 is 9.47 Å². The molecule has 1 saturated heterocycles. The number of Topliss-reactive ketones (excluding diaryl/α,β-unsaturated/α-hetero) is 1. The van der Waals surface area contributed by atoms with Gasteiger partial charge in [-0.1, -0.05) is 13.8 Å². The van der Waals surface area contributed by atoms with Gasteiger partial charge in [0.25, 0.3) is 0 Å². The summed E-state index contributed by atoms with van der Waals surface area (Å²) in [6.07, 6.45) is 2.18. The van der Waals surface area contributed by atoms with E-state index in [1.165, 1.54) is 0 Å². The lowest BCUT2D eigenvalue weighted by atomic mass is 9.85. The average Bonchev–Trinajstić information content (AvgIpc) is 2.54. The van der Waals surface area contributed by atoms with Crippen molar-refractivity contribution in [3.05, 3.63) is 0 Å². The molecule has 1 unspecified atom stereocenters. The molecular formula is C17H33NO3. The molecule has 21 heavy (non-hydrogen) atoms. The molecule has 0 aliphatic carbocycles. The quantitative estimate of drug-likeness (QED) is 0.691. The molecule has 0 bridgehead atoms. The number of hydrogen-bond acceptors (Lipinski definition) is 4. The molecule has 1 aliphatic heterocycles. The second-order valence-electron chi connectivity index (χ2n) is 7.09. The van der Waals surface area contributed by atoms with E-state index < -0.39 is 11.2 Å². The number of ketones is 1. The van der Waals surface area contributed by atoms with Crippen molar-refractivity contribution < 1.29 is 14.3 Å². The third-order valence-corrected chi connectivity index (χ3v) is 4.73. The average molecular weight is 299 g/mol. The molecule has 0 saturated carbocycles. The van der Waals surface area contributed by atoms with Crippen molar-refractivity contribution in [2.45, 2.75) is 71.6 Å². The van der Waals surface area contributed by atoms with Crippen LogP contribution in [0.15, 0.2) is 0 Å². The minimum Gasteiger partial charge on any atom is -0.383 e. The molecule has 0 amide bonds. The van der Waals surface area contributed by atoms with Gasteiger partial charge in [-0.15, -0.1) is 0 Å². The lowest BCUT2D eigenvalue weighted by Gasteiger charge is -2.35. The van der Waals surface area contributed by atoms with Gasteiger partial charge >= 0.3 is 0 Å². The molecule has 0 aromatic carbocycles. The zero-order valence-electron chi connectivity index (χ0n) is 14.9. The molecule has 124 valence electrons. The van der Waals surface area contributed by atoms with Gasteiger partial charge in [0.05, 0.1) is 18.1 Å². The molecule has 0 aromatic rings. The second-order valence-corrected chi connectivity index (χ2v) is 7.09. The van der Waals surface area contributed by atoms with Crippen LogP contribution in [-0.2, 0) is 14.3 Å². The third kappa shape index (κ3) is 4.27. The summed E-state index contributed by atoms with van der Waals surface area (Å²) in [5.74, 6) is 0.144. The Labute approximate surface area is 130 Å². The van der Waals surface area contributed by atoms with Crippen LogP contribution in [0.2, 0.25) is 0 Å². The minimum atomic E-state index is -0.672. The highest BCUT2D eigenvalue weighted by Gasteiger charge is 2.53. The Morgan fingerprint density at radius 3 is 2.19 bits per heavy atom. The van der Waals surface area contributed by atoms with Crippen molar-refractivity contribution in [1.29, 1.82) is 0 Å². The van der Waals surface area contributed by atoms with Crippen LogP contribution in [0.5, 0.6) is 0 Å². The summed E-state index contributed by atoms with van der Waals surface area (Å²) in [4.78, 5) is 15.1. The van der Waals surface area contributed by atoms with Gasteiger partial charge in [-0.25, -0.2) is 0 Å². The van der Waals surface area contributed by atoms with Crippen molar-refractivity contribution in [2.75, 3.05) is 26.8 Å². The summed E-state index contributed by atoms with van der Waals surface area (Å²) < 4.78 is 11.2. The SMILES string of the molecule is CCC(CC)N(CCOC)CC1C(=O)C(C)(C)OC1(C)C. The number of hydrogen-bond donors (Lipinski definition) is 0. The fourth-order valence-electron chi connectivity index (χ4n) is 3.49. The van der Waals surface area contributed by atoms with Crippen LogP contribution in [0.25, 0.3) is 0 Å². The molecule has 1 heterocycles. The van der Waals surface area contributed by atoms with Crippen LogP contribution in [0.4, 0.5) is 0 Å². The van der Waals surface area contributed by atoms with E-state index in [1.54, 1.807) is 7.11 Å². The minimum absolute atomic E-state index is 0.0787. The molecule has 4 nitrogen and oxygen atoms in total. The van der Waals surface area contributed by atoms with E-state index in [0.29, 0.717) is 12.6 Å². The van der Waals surface area contributed by atoms with Crippen molar-refractivity contribution in [1.82, 2.24) is 4.90 Å². The first kappa shape index (κ1) is 18.6. The van der Waals surface area contributed by atoms with Crippen LogP contribution >= 0.6 is 0 Å². The zero-order valence-corrected chi connectivity index (χ0v) is 14.9. The van der Waals surface area contributed by atoms with Crippen LogP contribution in [0.1, 0.15) is 54.4 Å². The fourth-order valence-corrected chi connectivity index (χ4v) is 3.49. The maximum Gasteiger partial charge on any atom is 0.171 e. The fraction of sp³-hybridized carbons (Fsp3) is 0.941. The predicted octanol–water partition coefficient (Wildman–Crippen LogP) is 2.90. The topological polar surface area (TPSA) is 38.8 Å². The molecular weight excluding hydrogens is 266 g/mol. The van der Waals surface area contributed by atoms with E-state index >= 15 is 0 Å². The van der Waals surface area contributed by atoms with E-state index in [9.17, 15) is 4.79 Å². The second kappa shape index (κ2) is 7.21. The highest BCUT2D eigenvalue weighted by molar-refractivity contribution is 5.91. The predicted molar refractivity (Wildman–Crippen MR) is 85.6 cm³/mol. The summed E-state index contributed by atoms with van der Waals surface area (Å²) in [5, 5.41) is 0. The van der Waals surface area contributed by atoms with Crippen LogP contribution in [0, 0.1) is 5.92 Å². The first-order chi connectivity index (χ1) is 9.69. The molecule has 0 N–H and O–H groups in total. The summed E-state index contributed by atoms with van der Waals surface area (Å²) in [6.45, 7) is 14.6. The molecule has 0 spiro atoms. The first-order valence-corrected chi connectivity index (χ1v) is 8.17. The summed E-state index contributed by atoms with van der Waals surface area (Å²) in [6, 6.07) is 0.493. The number of carbonyl (C=O) groups excluding carboxylic acids is 1. The molecule has 1 atom stereocenters. The Kier molecular flexibility index (Phi) is 6.38. The first-order valence-electron chi connectivity index (χ1n) is 8.17.